The fourth-order valence-corrected chi connectivity index (χ4v) is 2.10. The normalized spacial score (nSPS) is 11.2. The Bertz CT molecular complexity index is 655. The molecule has 2 rings (SSSR count). The standard InChI is InChI=1S/C12H16N4O3/c1-4-7(5-2)16-10-9(15-12(16)18)14-8(6-13-10)11(17)19-3/h6-7H,4-5H2,1-3H3,(H,14,15,18). The first-order chi connectivity index (χ1) is 9.12. The average Bonchev–Trinajstić information content (AvgIpc) is 2.75. The number of aromatic nitrogens is 4. The molecule has 0 aliphatic carbocycles. The zero-order chi connectivity index (χ0) is 14.0. The molecular weight excluding hydrogens is 248 g/mol. The van der Waals surface area contributed by atoms with Crippen LogP contribution in [-0.4, -0.2) is 32.6 Å². The number of hydrogen-bond donors (Lipinski definition) is 1. The summed E-state index contributed by atoms with van der Waals surface area (Å²) >= 11 is 0. The predicted molar refractivity (Wildman–Crippen MR) is 69.1 cm³/mol. The maximum absolute atomic E-state index is 12.0. The molecule has 2 aromatic rings. The summed E-state index contributed by atoms with van der Waals surface area (Å²) in [6, 6.07) is 0.0690. The van der Waals surface area contributed by atoms with Crippen molar-refractivity contribution in [2.24, 2.45) is 0 Å². The summed E-state index contributed by atoms with van der Waals surface area (Å²) < 4.78 is 6.16. The van der Waals surface area contributed by atoms with Crippen LogP contribution in [-0.2, 0) is 4.74 Å². The van der Waals surface area contributed by atoms with Crippen LogP contribution in [0.15, 0.2) is 11.0 Å². The van der Waals surface area contributed by atoms with E-state index in [9.17, 15) is 9.59 Å². The molecule has 0 amide bonds. The number of imidazole rings is 1. The molecule has 102 valence electrons. The van der Waals surface area contributed by atoms with Crippen molar-refractivity contribution in [1.29, 1.82) is 0 Å². The van der Waals surface area contributed by atoms with Crippen molar-refractivity contribution in [3.8, 4) is 0 Å². The summed E-state index contributed by atoms with van der Waals surface area (Å²) in [6.45, 7) is 4.02. The van der Waals surface area contributed by atoms with Gasteiger partial charge in [0.15, 0.2) is 17.0 Å². The molecule has 0 unspecified atom stereocenters. The Hall–Kier alpha value is -2.18. The van der Waals surface area contributed by atoms with Crippen molar-refractivity contribution >= 4 is 17.3 Å². The van der Waals surface area contributed by atoms with Crippen LogP contribution in [0.1, 0.15) is 43.2 Å². The number of methoxy groups -OCH3 is 1. The van der Waals surface area contributed by atoms with Crippen LogP contribution in [0.4, 0.5) is 0 Å². The number of nitrogens with zero attached hydrogens (tertiary/aromatic N) is 3. The maximum atomic E-state index is 12.0. The highest BCUT2D eigenvalue weighted by molar-refractivity contribution is 5.88. The van der Waals surface area contributed by atoms with Gasteiger partial charge in [-0.3, -0.25) is 9.55 Å². The summed E-state index contributed by atoms with van der Waals surface area (Å²) in [4.78, 5) is 34.2. The van der Waals surface area contributed by atoms with Gasteiger partial charge in [0.25, 0.3) is 0 Å². The maximum Gasteiger partial charge on any atom is 0.358 e. The van der Waals surface area contributed by atoms with E-state index in [0.29, 0.717) is 11.3 Å². The third-order valence-corrected chi connectivity index (χ3v) is 3.13. The molecular formula is C12H16N4O3. The quantitative estimate of drug-likeness (QED) is 0.840. The Labute approximate surface area is 109 Å². The van der Waals surface area contributed by atoms with Crippen LogP contribution >= 0.6 is 0 Å². The Morgan fingerprint density at radius 2 is 2.16 bits per heavy atom. The van der Waals surface area contributed by atoms with Crippen LogP contribution in [0.25, 0.3) is 11.3 Å². The van der Waals surface area contributed by atoms with Crippen molar-refractivity contribution in [2.75, 3.05) is 7.11 Å². The Morgan fingerprint density at radius 3 is 2.74 bits per heavy atom. The number of carbonyl (C=O) groups is 1. The first-order valence-electron chi connectivity index (χ1n) is 6.17. The molecule has 0 fully saturated rings. The van der Waals surface area contributed by atoms with Gasteiger partial charge in [0.1, 0.15) is 0 Å². The number of esters is 1. The molecule has 0 spiro atoms. The van der Waals surface area contributed by atoms with Gasteiger partial charge in [-0.15, -0.1) is 0 Å². The molecule has 0 bridgehead atoms. The van der Waals surface area contributed by atoms with Crippen LogP contribution in [0, 0.1) is 0 Å². The van der Waals surface area contributed by atoms with E-state index >= 15 is 0 Å². The molecule has 0 saturated carbocycles. The second kappa shape index (κ2) is 5.21. The van der Waals surface area contributed by atoms with Crippen molar-refractivity contribution in [2.45, 2.75) is 32.7 Å². The minimum Gasteiger partial charge on any atom is -0.464 e. The Morgan fingerprint density at radius 1 is 1.47 bits per heavy atom. The van der Waals surface area contributed by atoms with E-state index in [2.05, 4.69) is 19.7 Å². The van der Waals surface area contributed by atoms with E-state index in [4.69, 9.17) is 0 Å². The minimum atomic E-state index is -0.578. The van der Waals surface area contributed by atoms with E-state index < -0.39 is 5.97 Å². The topological polar surface area (TPSA) is 89.9 Å². The fourth-order valence-electron chi connectivity index (χ4n) is 2.10. The summed E-state index contributed by atoms with van der Waals surface area (Å²) in [5, 5.41) is 0. The number of nitrogens with one attached hydrogen (secondary N) is 1. The molecule has 2 heterocycles. The van der Waals surface area contributed by atoms with Crippen molar-refractivity contribution in [1.82, 2.24) is 19.5 Å². The largest absolute Gasteiger partial charge is 0.464 e. The van der Waals surface area contributed by atoms with Crippen molar-refractivity contribution < 1.29 is 9.53 Å². The minimum absolute atomic E-state index is 0.0690. The van der Waals surface area contributed by atoms with Crippen LogP contribution in [0.2, 0.25) is 0 Å². The second-order valence-electron chi connectivity index (χ2n) is 4.19. The van der Waals surface area contributed by atoms with E-state index in [-0.39, 0.29) is 17.4 Å². The Balaban J connectivity index is 2.60. The zero-order valence-corrected chi connectivity index (χ0v) is 11.1. The highest BCUT2D eigenvalue weighted by Gasteiger charge is 2.18. The molecule has 19 heavy (non-hydrogen) atoms. The molecule has 0 saturated heterocycles. The number of aromatic amines is 1. The SMILES string of the molecule is CCC(CC)n1c(=O)[nH]c2nc(C(=O)OC)cnc21. The molecule has 0 aromatic carbocycles. The highest BCUT2D eigenvalue weighted by Crippen LogP contribution is 2.17. The number of carbonyl (C=O) groups excluding carboxylic acids is 1. The fraction of sp³-hybridized carbons (Fsp3) is 0.500. The van der Waals surface area contributed by atoms with Gasteiger partial charge in [-0.2, -0.15) is 0 Å². The number of ether oxygens (including phenoxy) is 1. The van der Waals surface area contributed by atoms with E-state index in [0.717, 1.165) is 12.8 Å². The molecule has 0 aliphatic rings. The van der Waals surface area contributed by atoms with Gasteiger partial charge >= 0.3 is 11.7 Å². The van der Waals surface area contributed by atoms with E-state index in [1.165, 1.54) is 13.3 Å². The van der Waals surface area contributed by atoms with Crippen LogP contribution in [0.5, 0.6) is 0 Å². The van der Waals surface area contributed by atoms with Crippen LogP contribution in [0.3, 0.4) is 0 Å². The first-order valence-corrected chi connectivity index (χ1v) is 6.17. The lowest BCUT2D eigenvalue weighted by Crippen LogP contribution is -2.21. The third-order valence-electron chi connectivity index (χ3n) is 3.13. The van der Waals surface area contributed by atoms with Gasteiger partial charge in [-0.25, -0.2) is 19.6 Å². The monoisotopic (exact) mass is 264 g/mol. The molecule has 0 atom stereocenters. The van der Waals surface area contributed by atoms with Gasteiger partial charge in [0, 0.05) is 6.04 Å². The molecule has 7 heteroatoms. The van der Waals surface area contributed by atoms with Crippen molar-refractivity contribution in [3.05, 3.63) is 22.4 Å². The average molecular weight is 264 g/mol. The van der Waals surface area contributed by atoms with Gasteiger partial charge in [-0.1, -0.05) is 13.8 Å². The second-order valence-corrected chi connectivity index (χ2v) is 4.19. The smallest absolute Gasteiger partial charge is 0.358 e. The number of H-pyrrole nitrogens is 1. The molecule has 7 nitrogen and oxygen atoms in total. The predicted octanol–water partition coefficient (Wildman–Crippen LogP) is 1.27. The lowest BCUT2D eigenvalue weighted by molar-refractivity contribution is 0.0594. The molecule has 0 radical (unpaired) electrons. The first kappa shape index (κ1) is 13.3. The van der Waals surface area contributed by atoms with Gasteiger partial charge in [0.05, 0.1) is 13.3 Å². The lowest BCUT2D eigenvalue weighted by atomic mass is 10.2. The highest BCUT2D eigenvalue weighted by atomic mass is 16.5. The summed E-state index contributed by atoms with van der Waals surface area (Å²) in [7, 11) is 1.27. The summed E-state index contributed by atoms with van der Waals surface area (Å²) in [6.07, 6.45) is 2.97. The Kier molecular flexibility index (Phi) is 3.64. The third kappa shape index (κ3) is 2.23. The summed E-state index contributed by atoms with van der Waals surface area (Å²) in [5.41, 5.74) is 0.588. The van der Waals surface area contributed by atoms with E-state index in [1.54, 1.807) is 4.57 Å². The van der Waals surface area contributed by atoms with Gasteiger partial charge in [0.2, 0.25) is 0 Å². The zero-order valence-electron chi connectivity index (χ0n) is 11.1. The van der Waals surface area contributed by atoms with Crippen LogP contribution < -0.4 is 5.69 Å². The van der Waals surface area contributed by atoms with Crippen molar-refractivity contribution in [3.63, 3.8) is 0 Å². The van der Waals surface area contributed by atoms with E-state index in [1.807, 2.05) is 13.8 Å². The van der Waals surface area contributed by atoms with Gasteiger partial charge < -0.3 is 4.74 Å². The molecule has 2 aromatic heterocycles. The summed E-state index contributed by atoms with van der Waals surface area (Å²) in [5.74, 6) is -0.578. The lowest BCUT2D eigenvalue weighted by Gasteiger charge is -2.13. The molecule has 0 aliphatic heterocycles. The number of fused-ring (bicyclic) bond motifs is 1. The van der Waals surface area contributed by atoms with Gasteiger partial charge in [-0.05, 0) is 12.8 Å². The molecule has 1 N–H and O–H groups in total. The number of rotatable bonds is 4. The number of hydrogen-bond acceptors (Lipinski definition) is 5.